The van der Waals surface area contributed by atoms with Gasteiger partial charge in [0.25, 0.3) is 0 Å². The maximum atomic E-state index is 3.92. The van der Waals surface area contributed by atoms with Crippen molar-refractivity contribution >= 4 is 22.6 Å². The Morgan fingerprint density at radius 2 is 2.00 bits per heavy atom. The van der Waals surface area contributed by atoms with Gasteiger partial charge in [-0.15, -0.1) is 5.10 Å². The molecule has 0 unspecified atom stereocenters. The molecular formula is C7H5IN4. The molecular weight excluding hydrogens is 267 g/mol. The summed E-state index contributed by atoms with van der Waals surface area (Å²) >= 11 is 2.12. The standard InChI is InChI=1S/C7H5IN4/c8-7-5-12(11-10-7)6-1-3-9-4-2-6/h1-5H. The molecule has 0 atom stereocenters. The Morgan fingerprint density at radius 3 is 2.58 bits per heavy atom. The van der Waals surface area contributed by atoms with E-state index in [1.807, 2.05) is 18.3 Å². The minimum Gasteiger partial charge on any atom is -0.265 e. The second-order valence-electron chi connectivity index (χ2n) is 2.19. The first-order chi connectivity index (χ1) is 5.86. The van der Waals surface area contributed by atoms with Gasteiger partial charge in [0.1, 0.15) is 3.70 Å². The predicted molar refractivity (Wildman–Crippen MR) is 51.9 cm³/mol. The molecule has 2 heterocycles. The monoisotopic (exact) mass is 272 g/mol. The van der Waals surface area contributed by atoms with Gasteiger partial charge in [0.15, 0.2) is 0 Å². The van der Waals surface area contributed by atoms with Gasteiger partial charge in [-0.3, -0.25) is 4.98 Å². The number of hydrogen-bond donors (Lipinski definition) is 0. The molecule has 12 heavy (non-hydrogen) atoms. The highest BCUT2D eigenvalue weighted by Crippen LogP contribution is 2.05. The van der Waals surface area contributed by atoms with E-state index >= 15 is 0 Å². The lowest BCUT2D eigenvalue weighted by molar-refractivity contribution is 0.800. The van der Waals surface area contributed by atoms with Crippen molar-refractivity contribution in [3.8, 4) is 5.69 Å². The Morgan fingerprint density at radius 1 is 1.25 bits per heavy atom. The van der Waals surface area contributed by atoms with Crippen molar-refractivity contribution in [1.29, 1.82) is 0 Å². The van der Waals surface area contributed by atoms with Gasteiger partial charge in [-0.05, 0) is 34.7 Å². The fourth-order valence-electron chi connectivity index (χ4n) is 0.866. The first-order valence-electron chi connectivity index (χ1n) is 3.34. The van der Waals surface area contributed by atoms with Gasteiger partial charge in [-0.2, -0.15) is 0 Å². The lowest BCUT2D eigenvalue weighted by atomic mass is 10.4. The highest BCUT2D eigenvalue weighted by molar-refractivity contribution is 14.1. The number of nitrogens with zero attached hydrogens (tertiary/aromatic N) is 4. The van der Waals surface area contributed by atoms with Gasteiger partial charge in [0.05, 0.1) is 11.9 Å². The molecule has 0 aromatic carbocycles. The Kier molecular flexibility index (Phi) is 2.03. The maximum absolute atomic E-state index is 3.92. The van der Waals surface area contributed by atoms with Gasteiger partial charge in [0.2, 0.25) is 0 Å². The van der Waals surface area contributed by atoms with E-state index in [4.69, 9.17) is 0 Å². The molecule has 0 aliphatic rings. The van der Waals surface area contributed by atoms with Gasteiger partial charge >= 0.3 is 0 Å². The van der Waals surface area contributed by atoms with E-state index in [1.54, 1.807) is 17.1 Å². The van der Waals surface area contributed by atoms with Crippen molar-refractivity contribution in [2.24, 2.45) is 0 Å². The van der Waals surface area contributed by atoms with Crippen LogP contribution in [0, 0.1) is 3.70 Å². The van der Waals surface area contributed by atoms with E-state index in [0.29, 0.717) is 0 Å². The molecule has 2 aromatic heterocycles. The predicted octanol–water partition coefficient (Wildman–Crippen LogP) is 1.27. The Bertz CT molecular complexity index is 370. The van der Waals surface area contributed by atoms with Crippen LogP contribution in [0.5, 0.6) is 0 Å². The van der Waals surface area contributed by atoms with Crippen LogP contribution in [0.1, 0.15) is 0 Å². The molecule has 0 saturated carbocycles. The van der Waals surface area contributed by atoms with Crippen LogP contribution >= 0.6 is 22.6 Å². The van der Waals surface area contributed by atoms with Crippen LogP contribution in [-0.2, 0) is 0 Å². The second kappa shape index (κ2) is 3.18. The van der Waals surface area contributed by atoms with Crippen LogP contribution in [0.3, 0.4) is 0 Å². The van der Waals surface area contributed by atoms with E-state index in [2.05, 4.69) is 37.9 Å². The fourth-order valence-corrected chi connectivity index (χ4v) is 1.23. The fraction of sp³-hybridized carbons (Fsp3) is 0. The molecule has 2 rings (SSSR count). The normalized spacial score (nSPS) is 10.1. The number of aromatic nitrogens is 4. The third kappa shape index (κ3) is 1.45. The molecule has 0 radical (unpaired) electrons. The van der Waals surface area contributed by atoms with E-state index < -0.39 is 0 Å². The Hall–Kier alpha value is -0.980. The largest absolute Gasteiger partial charge is 0.265 e. The molecule has 0 aliphatic carbocycles. The molecule has 0 N–H and O–H groups in total. The van der Waals surface area contributed by atoms with Crippen molar-refractivity contribution in [3.63, 3.8) is 0 Å². The number of hydrogen-bond acceptors (Lipinski definition) is 3. The summed E-state index contributed by atoms with van der Waals surface area (Å²) in [6.45, 7) is 0. The lowest BCUT2D eigenvalue weighted by Gasteiger charge is -1.95. The van der Waals surface area contributed by atoms with Gasteiger partial charge < -0.3 is 0 Å². The highest BCUT2D eigenvalue weighted by Gasteiger charge is 1.97. The van der Waals surface area contributed by atoms with Gasteiger partial charge in [-0.1, -0.05) is 5.21 Å². The van der Waals surface area contributed by atoms with Crippen LogP contribution in [0.25, 0.3) is 5.69 Å². The molecule has 0 fully saturated rings. The lowest BCUT2D eigenvalue weighted by Crippen LogP contribution is -1.94. The summed E-state index contributed by atoms with van der Waals surface area (Å²) in [7, 11) is 0. The van der Waals surface area contributed by atoms with Gasteiger partial charge in [-0.25, -0.2) is 4.68 Å². The average molecular weight is 272 g/mol. The molecule has 0 spiro atoms. The average Bonchev–Trinajstić information content (AvgIpc) is 2.54. The third-order valence-electron chi connectivity index (χ3n) is 1.39. The molecule has 0 aliphatic heterocycles. The smallest absolute Gasteiger partial charge is 0.143 e. The van der Waals surface area contributed by atoms with E-state index in [1.165, 1.54) is 0 Å². The van der Waals surface area contributed by atoms with Crippen molar-refractivity contribution in [2.45, 2.75) is 0 Å². The molecule has 2 aromatic rings. The summed E-state index contributed by atoms with van der Waals surface area (Å²) in [5.41, 5.74) is 0.973. The summed E-state index contributed by atoms with van der Waals surface area (Å²) in [5, 5.41) is 7.79. The topological polar surface area (TPSA) is 43.6 Å². The minimum atomic E-state index is 0.879. The SMILES string of the molecule is Ic1cn(-c2ccncc2)nn1. The van der Waals surface area contributed by atoms with Crippen molar-refractivity contribution < 1.29 is 0 Å². The zero-order valence-corrected chi connectivity index (χ0v) is 8.21. The van der Waals surface area contributed by atoms with E-state index in [9.17, 15) is 0 Å². The quantitative estimate of drug-likeness (QED) is 0.734. The van der Waals surface area contributed by atoms with Crippen LogP contribution in [0.4, 0.5) is 0 Å². The maximum Gasteiger partial charge on any atom is 0.143 e. The summed E-state index contributed by atoms with van der Waals surface area (Å²) in [5.74, 6) is 0. The third-order valence-corrected chi connectivity index (χ3v) is 1.89. The zero-order chi connectivity index (χ0) is 8.39. The minimum absolute atomic E-state index is 0.879. The number of pyridine rings is 1. The molecule has 0 saturated heterocycles. The molecule has 4 nitrogen and oxygen atoms in total. The van der Waals surface area contributed by atoms with Crippen LogP contribution in [0.15, 0.2) is 30.7 Å². The first kappa shape index (κ1) is 7.66. The number of halogens is 1. The summed E-state index contributed by atoms with van der Waals surface area (Å²) in [6, 6.07) is 3.76. The molecule has 0 bridgehead atoms. The van der Waals surface area contributed by atoms with Crippen LogP contribution in [0.2, 0.25) is 0 Å². The summed E-state index contributed by atoms with van der Waals surface area (Å²) in [6.07, 6.45) is 5.31. The summed E-state index contributed by atoms with van der Waals surface area (Å²) in [4.78, 5) is 3.91. The van der Waals surface area contributed by atoms with Crippen LogP contribution < -0.4 is 0 Å². The first-order valence-corrected chi connectivity index (χ1v) is 4.42. The van der Waals surface area contributed by atoms with Crippen molar-refractivity contribution in [2.75, 3.05) is 0 Å². The highest BCUT2D eigenvalue weighted by atomic mass is 127. The molecule has 60 valence electrons. The molecule has 5 heteroatoms. The number of rotatable bonds is 1. The van der Waals surface area contributed by atoms with Crippen LogP contribution in [-0.4, -0.2) is 20.0 Å². The van der Waals surface area contributed by atoms with E-state index in [0.717, 1.165) is 9.39 Å². The molecule has 0 amide bonds. The van der Waals surface area contributed by atoms with Crippen molar-refractivity contribution in [3.05, 3.63) is 34.4 Å². The zero-order valence-electron chi connectivity index (χ0n) is 6.05. The van der Waals surface area contributed by atoms with Gasteiger partial charge in [0, 0.05) is 12.4 Å². The Labute approximate surface area is 82.8 Å². The Balaban J connectivity index is 2.45. The second-order valence-corrected chi connectivity index (χ2v) is 3.30. The summed E-state index contributed by atoms with van der Waals surface area (Å²) < 4.78 is 2.59. The van der Waals surface area contributed by atoms with Crippen molar-refractivity contribution in [1.82, 2.24) is 20.0 Å². The van der Waals surface area contributed by atoms with E-state index in [-0.39, 0.29) is 0 Å².